The third-order valence-electron chi connectivity index (χ3n) is 2.93. The summed E-state index contributed by atoms with van der Waals surface area (Å²) >= 11 is 6.05. The van der Waals surface area contributed by atoms with Crippen molar-refractivity contribution in [3.63, 3.8) is 0 Å². The van der Waals surface area contributed by atoms with Gasteiger partial charge in [-0.15, -0.1) is 0 Å². The predicted molar refractivity (Wildman–Crippen MR) is 77.8 cm³/mol. The van der Waals surface area contributed by atoms with Crippen LogP contribution in [0.5, 0.6) is 0 Å². The summed E-state index contributed by atoms with van der Waals surface area (Å²) in [5, 5.41) is 0. The normalized spacial score (nSPS) is 29.3. The molecule has 1 rings (SSSR count). The Morgan fingerprint density at radius 3 is 1.71 bits per heavy atom. The summed E-state index contributed by atoms with van der Waals surface area (Å²) in [6.07, 6.45) is -4.60. The number of alkyl halides is 1. The molecule has 10 heteroatoms. The SMILES string of the molecule is CC(=O)OC[C@@H]1O[C@H](Cl)[C@H](OC(C)=O)[C@@H](OC(C)=O)[C@H]1OC(C)=O. The topological polar surface area (TPSA) is 114 Å². The highest BCUT2D eigenvalue weighted by Crippen LogP contribution is 2.30. The summed E-state index contributed by atoms with van der Waals surface area (Å²) in [6.45, 7) is 4.31. The smallest absolute Gasteiger partial charge is 0.303 e. The fraction of sp³-hybridized carbons (Fsp3) is 0.714. The first-order valence-electron chi connectivity index (χ1n) is 7.06. The van der Waals surface area contributed by atoms with Crippen LogP contribution < -0.4 is 0 Å². The van der Waals surface area contributed by atoms with Crippen LogP contribution in [0.3, 0.4) is 0 Å². The van der Waals surface area contributed by atoms with Crippen LogP contribution in [0.4, 0.5) is 0 Å². The van der Waals surface area contributed by atoms with Crippen LogP contribution in [0.25, 0.3) is 0 Å². The van der Waals surface area contributed by atoms with Gasteiger partial charge in [0.25, 0.3) is 0 Å². The Bertz CT molecular complexity index is 506. The Kier molecular flexibility index (Phi) is 7.43. The predicted octanol–water partition coefficient (Wildman–Crippen LogP) is 0.308. The second-order valence-electron chi connectivity index (χ2n) is 5.05. The van der Waals surface area contributed by atoms with Gasteiger partial charge in [-0.1, -0.05) is 11.6 Å². The van der Waals surface area contributed by atoms with Crippen molar-refractivity contribution in [1.82, 2.24) is 0 Å². The molecule has 0 spiro atoms. The molecule has 24 heavy (non-hydrogen) atoms. The van der Waals surface area contributed by atoms with Gasteiger partial charge < -0.3 is 23.7 Å². The van der Waals surface area contributed by atoms with Crippen LogP contribution >= 0.6 is 11.6 Å². The molecule has 0 saturated carbocycles. The first-order valence-corrected chi connectivity index (χ1v) is 7.50. The van der Waals surface area contributed by atoms with E-state index in [1.807, 2.05) is 0 Å². The first-order chi connectivity index (χ1) is 11.1. The summed E-state index contributed by atoms with van der Waals surface area (Å²) < 4.78 is 25.6. The number of ether oxygens (including phenoxy) is 5. The van der Waals surface area contributed by atoms with Gasteiger partial charge in [-0.2, -0.15) is 0 Å². The van der Waals surface area contributed by atoms with E-state index in [9.17, 15) is 19.2 Å². The third kappa shape index (κ3) is 5.97. The van der Waals surface area contributed by atoms with Gasteiger partial charge >= 0.3 is 23.9 Å². The minimum atomic E-state index is -1.22. The van der Waals surface area contributed by atoms with Crippen molar-refractivity contribution in [2.45, 2.75) is 57.7 Å². The van der Waals surface area contributed by atoms with Crippen molar-refractivity contribution in [3.8, 4) is 0 Å². The van der Waals surface area contributed by atoms with Gasteiger partial charge in [0, 0.05) is 27.7 Å². The van der Waals surface area contributed by atoms with Crippen molar-refractivity contribution in [2.24, 2.45) is 0 Å². The number of hydrogen-bond donors (Lipinski definition) is 0. The highest BCUT2D eigenvalue weighted by Gasteiger charge is 2.51. The zero-order valence-electron chi connectivity index (χ0n) is 13.6. The lowest BCUT2D eigenvalue weighted by Gasteiger charge is -2.42. The van der Waals surface area contributed by atoms with Crippen LogP contribution in [-0.2, 0) is 42.9 Å². The molecule has 136 valence electrons. The fourth-order valence-corrected chi connectivity index (χ4v) is 2.50. The average Bonchev–Trinajstić information content (AvgIpc) is 2.42. The second-order valence-corrected chi connectivity index (χ2v) is 5.48. The maximum Gasteiger partial charge on any atom is 0.303 e. The quantitative estimate of drug-likeness (QED) is 0.385. The summed E-state index contributed by atoms with van der Waals surface area (Å²) in [4.78, 5) is 45.0. The van der Waals surface area contributed by atoms with Crippen molar-refractivity contribution >= 4 is 35.5 Å². The van der Waals surface area contributed by atoms with Crippen LogP contribution in [0.1, 0.15) is 27.7 Å². The van der Waals surface area contributed by atoms with Crippen molar-refractivity contribution < 1.29 is 42.9 Å². The maximum atomic E-state index is 11.4. The highest BCUT2D eigenvalue weighted by atomic mass is 35.5. The standard InChI is InChI=1S/C14H19ClO9/c1-6(16)20-5-10-11(21-7(2)17)12(22-8(3)18)13(14(15)24-10)23-9(4)19/h10-14H,5H2,1-4H3/t10-,11-,12-,13+,14-/m0/s1. The summed E-state index contributed by atoms with van der Waals surface area (Å²) in [5.41, 5.74) is -1.20. The lowest BCUT2D eigenvalue weighted by molar-refractivity contribution is -0.238. The van der Waals surface area contributed by atoms with Gasteiger partial charge in [0.05, 0.1) is 0 Å². The molecule has 9 nitrogen and oxygen atoms in total. The maximum absolute atomic E-state index is 11.4. The van der Waals surface area contributed by atoms with E-state index < -0.39 is 53.9 Å². The Labute approximate surface area is 143 Å². The molecular formula is C14H19ClO9. The van der Waals surface area contributed by atoms with E-state index in [4.69, 9.17) is 35.3 Å². The summed E-state index contributed by atoms with van der Waals surface area (Å²) in [7, 11) is 0. The molecule has 0 radical (unpaired) electrons. The molecular weight excluding hydrogens is 348 g/mol. The molecule has 5 atom stereocenters. The Balaban J connectivity index is 3.11. The van der Waals surface area contributed by atoms with Gasteiger partial charge in [0.1, 0.15) is 12.7 Å². The van der Waals surface area contributed by atoms with E-state index in [0.717, 1.165) is 20.8 Å². The molecule has 0 aromatic rings. The van der Waals surface area contributed by atoms with Crippen molar-refractivity contribution in [1.29, 1.82) is 0 Å². The molecule has 0 N–H and O–H groups in total. The highest BCUT2D eigenvalue weighted by molar-refractivity contribution is 6.20. The van der Waals surface area contributed by atoms with Gasteiger partial charge in [-0.3, -0.25) is 19.2 Å². The Morgan fingerprint density at radius 2 is 1.25 bits per heavy atom. The van der Waals surface area contributed by atoms with Gasteiger partial charge in [0.15, 0.2) is 23.9 Å². The van der Waals surface area contributed by atoms with E-state index in [1.54, 1.807) is 0 Å². The van der Waals surface area contributed by atoms with Gasteiger partial charge in [-0.25, -0.2) is 0 Å². The molecule has 0 aromatic carbocycles. The molecule has 1 aliphatic rings. The molecule has 1 aliphatic heterocycles. The molecule has 1 saturated heterocycles. The zero-order valence-corrected chi connectivity index (χ0v) is 14.4. The average molecular weight is 367 g/mol. The van der Waals surface area contributed by atoms with E-state index in [1.165, 1.54) is 6.92 Å². The molecule has 1 heterocycles. The fourth-order valence-electron chi connectivity index (χ4n) is 2.18. The van der Waals surface area contributed by atoms with Gasteiger partial charge in [0.2, 0.25) is 0 Å². The van der Waals surface area contributed by atoms with Crippen molar-refractivity contribution in [3.05, 3.63) is 0 Å². The Morgan fingerprint density at radius 1 is 0.792 bits per heavy atom. The van der Waals surface area contributed by atoms with E-state index in [2.05, 4.69) is 0 Å². The van der Waals surface area contributed by atoms with E-state index >= 15 is 0 Å². The number of carbonyl (C=O) groups is 4. The zero-order chi connectivity index (χ0) is 18.4. The summed E-state index contributed by atoms with van der Waals surface area (Å²) in [5.74, 6) is -2.67. The second kappa shape index (κ2) is 8.84. The molecule has 0 bridgehead atoms. The monoisotopic (exact) mass is 366 g/mol. The number of hydrogen-bond acceptors (Lipinski definition) is 9. The number of carbonyl (C=O) groups excluding carboxylic acids is 4. The lowest BCUT2D eigenvalue weighted by atomic mass is 9.99. The summed E-state index contributed by atoms with van der Waals surface area (Å²) in [6, 6.07) is 0. The first kappa shape index (κ1) is 20.2. The van der Waals surface area contributed by atoms with E-state index in [0.29, 0.717) is 0 Å². The number of esters is 4. The molecule has 1 fully saturated rings. The van der Waals surface area contributed by atoms with Crippen LogP contribution in [0, 0.1) is 0 Å². The molecule has 0 amide bonds. The minimum Gasteiger partial charge on any atom is -0.463 e. The largest absolute Gasteiger partial charge is 0.463 e. The van der Waals surface area contributed by atoms with Gasteiger partial charge in [-0.05, 0) is 0 Å². The van der Waals surface area contributed by atoms with Crippen LogP contribution in [-0.4, -0.2) is 60.5 Å². The molecule has 0 aliphatic carbocycles. The van der Waals surface area contributed by atoms with Crippen LogP contribution in [0.2, 0.25) is 0 Å². The molecule has 0 unspecified atom stereocenters. The molecule has 0 aromatic heterocycles. The third-order valence-corrected chi connectivity index (χ3v) is 3.29. The Hall–Kier alpha value is -1.87. The van der Waals surface area contributed by atoms with Crippen molar-refractivity contribution in [2.75, 3.05) is 6.61 Å². The number of rotatable bonds is 5. The van der Waals surface area contributed by atoms with E-state index in [-0.39, 0.29) is 6.61 Å². The minimum absolute atomic E-state index is 0.291. The lowest BCUT2D eigenvalue weighted by Crippen LogP contribution is -2.61. The van der Waals surface area contributed by atoms with Crippen LogP contribution in [0.15, 0.2) is 0 Å². The number of halogens is 1.